The summed E-state index contributed by atoms with van der Waals surface area (Å²) in [6.45, 7) is 5.57. The first-order valence-electron chi connectivity index (χ1n) is 14.6. The van der Waals surface area contributed by atoms with E-state index in [4.69, 9.17) is 0 Å². The van der Waals surface area contributed by atoms with E-state index in [9.17, 15) is 9.18 Å². The fourth-order valence-electron chi connectivity index (χ4n) is 5.33. The first kappa shape index (κ1) is 29.0. The Balaban J connectivity index is 1.33. The standard InChI is InChI=1S/C34H35FN8O/c1-20(2)11-32(44)39-26-14-23(18-36-19-26)21-5-6-30-29(15-21)33(42-41-30)31-17-28-27(7-8-38-34(28)40-31)22-12-24(35)16-25(13-22)37-9-10-43(3)4/h5-8,12-20,37H,9-11H2,1-4H3,(H,38,40)(H,39,44)(H,41,42). The van der Waals surface area contributed by atoms with Crippen molar-refractivity contribution in [1.29, 1.82) is 0 Å². The van der Waals surface area contributed by atoms with Crippen molar-refractivity contribution in [3.05, 3.63) is 79.0 Å². The number of rotatable bonds is 10. The molecule has 0 saturated carbocycles. The van der Waals surface area contributed by atoms with Crippen LogP contribution in [0.3, 0.4) is 0 Å². The molecule has 0 spiro atoms. The normalized spacial score (nSPS) is 11.6. The van der Waals surface area contributed by atoms with E-state index >= 15 is 0 Å². The Morgan fingerprint density at radius 2 is 1.80 bits per heavy atom. The first-order valence-corrected chi connectivity index (χ1v) is 14.6. The third-order valence-electron chi connectivity index (χ3n) is 7.40. The zero-order valence-corrected chi connectivity index (χ0v) is 25.2. The number of anilines is 2. The number of hydrogen-bond acceptors (Lipinski definition) is 6. The number of nitrogens with one attached hydrogen (secondary N) is 4. The SMILES string of the molecule is CC(C)CC(=O)Nc1cncc(-c2ccc3[nH]nc(-c4cc5c(-c6cc(F)cc(NCCN(C)C)c6)ccnc5[nH]4)c3c2)c1. The van der Waals surface area contributed by atoms with Crippen molar-refractivity contribution >= 4 is 39.2 Å². The van der Waals surface area contributed by atoms with Gasteiger partial charge in [0.2, 0.25) is 5.91 Å². The predicted octanol–water partition coefficient (Wildman–Crippen LogP) is 6.93. The van der Waals surface area contributed by atoms with Crippen LogP contribution in [0.15, 0.2) is 73.2 Å². The van der Waals surface area contributed by atoms with Gasteiger partial charge in [-0.2, -0.15) is 5.10 Å². The van der Waals surface area contributed by atoms with E-state index in [-0.39, 0.29) is 17.6 Å². The van der Waals surface area contributed by atoms with Gasteiger partial charge < -0.3 is 20.5 Å². The van der Waals surface area contributed by atoms with Crippen LogP contribution in [-0.4, -0.2) is 63.1 Å². The largest absolute Gasteiger partial charge is 0.384 e. The summed E-state index contributed by atoms with van der Waals surface area (Å²) >= 11 is 0. The number of pyridine rings is 2. The number of carbonyl (C=O) groups excluding carboxylic acids is 1. The number of aromatic amines is 2. The van der Waals surface area contributed by atoms with Gasteiger partial charge in [-0.05, 0) is 85.2 Å². The van der Waals surface area contributed by atoms with Gasteiger partial charge in [-0.1, -0.05) is 19.9 Å². The molecule has 224 valence electrons. The van der Waals surface area contributed by atoms with Crippen molar-refractivity contribution in [2.24, 2.45) is 5.92 Å². The molecule has 6 rings (SSSR count). The lowest BCUT2D eigenvalue weighted by Crippen LogP contribution is -2.20. The summed E-state index contributed by atoms with van der Waals surface area (Å²) in [6, 6.07) is 16.9. The van der Waals surface area contributed by atoms with Crippen molar-refractivity contribution in [2.45, 2.75) is 20.3 Å². The highest BCUT2D eigenvalue weighted by Gasteiger charge is 2.16. The fourth-order valence-corrected chi connectivity index (χ4v) is 5.33. The molecule has 4 heterocycles. The zero-order valence-electron chi connectivity index (χ0n) is 25.2. The molecule has 0 bridgehead atoms. The predicted molar refractivity (Wildman–Crippen MR) is 175 cm³/mol. The second-order valence-corrected chi connectivity index (χ2v) is 11.7. The van der Waals surface area contributed by atoms with Crippen molar-refractivity contribution in [2.75, 3.05) is 37.8 Å². The average Bonchev–Trinajstić information content (AvgIpc) is 3.60. The summed E-state index contributed by atoms with van der Waals surface area (Å²) in [5.41, 5.74) is 7.93. The Morgan fingerprint density at radius 3 is 2.61 bits per heavy atom. The lowest BCUT2D eigenvalue weighted by Gasteiger charge is -2.13. The van der Waals surface area contributed by atoms with E-state index in [1.165, 1.54) is 6.07 Å². The van der Waals surface area contributed by atoms with E-state index in [1.807, 2.05) is 64.3 Å². The minimum Gasteiger partial charge on any atom is -0.384 e. The van der Waals surface area contributed by atoms with E-state index < -0.39 is 0 Å². The van der Waals surface area contributed by atoms with Crippen molar-refractivity contribution in [3.8, 4) is 33.6 Å². The third kappa shape index (κ3) is 6.30. The van der Waals surface area contributed by atoms with Gasteiger partial charge in [-0.15, -0.1) is 0 Å². The molecular weight excluding hydrogens is 555 g/mol. The van der Waals surface area contributed by atoms with E-state index in [0.29, 0.717) is 24.3 Å². The molecule has 0 atom stereocenters. The van der Waals surface area contributed by atoms with Crippen molar-refractivity contribution in [1.82, 2.24) is 30.0 Å². The van der Waals surface area contributed by atoms with E-state index in [1.54, 1.807) is 24.7 Å². The monoisotopic (exact) mass is 590 g/mol. The minimum atomic E-state index is -0.306. The van der Waals surface area contributed by atoms with Gasteiger partial charge in [-0.25, -0.2) is 9.37 Å². The summed E-state index contributed by atoms with van der Waals surface area (Å²) in [4.78, 5) is 26.7. The van der Waals surface area contributed by atoms with Gasteiger partial charge in [0.25, 0.3) is 0 Å². The summed E-state index contributed by atoms with van der Waals surface area (Å²) in [7, 11) is 4.01. The minimum absolute atomic E-state index is 0.0339. The van der Waals surface area contributed by atoms with Gasteiger partial charge in [0.05, 0.1) is 23.1 Å². The van der Waals surface area contributed by atoms with Gasteiger partial charge in [0.1, 0.15) is 17.2 Å². The molecule has 0 aliphatic rings. The highest BCUT2D eigenvalue weighted by molar-refractivity contribution is 6.01. The molecule has 0 saturated heterocycles. The number of benzene rings is 2. The lowest BCUT2D eigenvalue weighted by molar-refractivity contribution is -0.116. The summed E-state index contributed by atoms with van der Waals surface area (Å²) < 4.78 is 14.7. The smallest absolute Gasteiger partial charge is 0.224 e. The van der Waals surface area contributed by atoms with E-state index in [2.05, 4.69) is 46.7 Å². The first-order chi connectivity index (χ1) is 21.2. The van der Waals surface area contributed by atoms with Crippen LogP contribution in [0.25, 0.3) is 55.6 Å². The van der Waals surface area contributed by atoms with Gasteiger partial charge in [0, 0.05) is 53.9 Å². The van der Waals surface area contributed by atoms with Crippen molar-refractivity contribution in [3.63, 3.8) is 0 Å². The number of likely N-dealkylation sites (N-methyl/N-ethyl adjacent to an activating group) is 1. The van der Waals surface area contributed by atoms with Gasteiger partial charge in [-0.3, -0.25) is 14.9 Å². The number of fused-ring (bicyclic) bond motifs is 2. The summed E-state index contributed by atoms with van der Waals surface area (Å²) in [5.74, 6) is -0.0711. The quantitative estimate of drug-likeness (QED) is 0.138. The molecule has 0 aliphatic heterocycles. The average molecular weight is 591 g/mol. The second-order valence-electron chi connectivity index (χ2n) is 11.7. The van der Waals surface area contributed by atoms with Crippen LogP contribution in [0.5, 0.6) is 0 Å². The van der Waals surface area contributed by atoms with Crippen LogP contribution in [0.2, 0.25) is 0 Å². The molecule has 0 radical (unpaired) electrons. The van der Waals surface area contributed by atoms with Gasteiger partial charge in [0.15, 0.2) is 0 Å². The van der Waals surface area contributed by atoms with Crippen LogP contribution in [0.1, 0.15) is 20.3 Å². The third-order valence-corrected chi connectivity index (χ3v) is 7.40. The van der Waals surface area contributed by atoms with Crippen LogP contribution >= 0.6 is 0 Å². The molecule has 0 unspecified atom stereocenters. The number of H-pyrrole nitrogens is 2. The zero-order chi connectivity index (χ0) is 30.8. The van der Waals surface area contributed by atoms with Crippen LogP contribution in [-0.2, 0) is 4.79 Å². The Hall–Kier alpha value is -5.09. The van der Waals surface area contributed by atoms with E-state index in [0.717, 1.165) is 62.2 Å². The maximum Gasteiger partial charge on any atom is 0.224 e. The van der Waals surface area contributed by atoms with Gasteiger partial charge >= 0.3 is 0 Å². The van der Waals surface area contributed by atoms with Crippen molar-refractivity contribution < 1.29 is 9.18 Å². The Morgan fingerprint density at radius 1 is 0.955 bits per heavy atom. The van der Waals surface area contributed by atoms with Crippen LogP contribution in [0, 0.1) is 11.7 Å². The maximum atomic E-state index is 14.7. The Bertz CT molecular complexity index is 1960. The topological polar surface area (TPSA) is 115 Å². The number of nitrogens with zero attached hydrogens (tertiary/aromatic N) is 4. The number of amides is 1. The number of aromatic nitrogens is 5. The second kappa shape index (κ2) is 12.3. The molecule has 44 heavy (non-hydrogen) atoms. The molecule has 10 heteroatoms. The highest BCUT2D eigenvalue weighted by Crippen LogP contribution is 2.35. The molecule has 4 N–H and O–H groups in total. The molecule has 4 aromatic heterocycles. The Labute approximate surface area is 254 Å². The molecule has 9 nitrogen and oxygen atoms in total. The lowest BCUT2D eigenvalue weighted by atomic mass is 10.0. The fraction of sp³-hybridized carbons (Fsp3) is 0.235. The molecular formula is C34H35FN8O. The molecule has 2 aromatic carbocycles. The summed E-state index contributed by atoms with van der Waals surface area (Å²) in [6.07, 6.45) is 5.60. The number of carbonyl (C=O) groups is 1. The van der Waals surface area contributed by atoms with Crippen LogP contribution in [0.4, 0.5) is 15.8 Å². The maximum absolute atomic E-state index is 14.7. The molecule has 1 amide bonds. The number of hydrogen-bond donors (Lipinski definition) is 4. The summed E-state index contributed by atoms with van der Waals surface area (Å²) in [5, 5.41) is 15.8. The van der Waals surface area contributed by atoms with Crippen LogP contribution < -0.4 is 10.6 Å². The molecule has 6 aromatic rings. The number of halogens is 1. The molecule has 0 fully saturated rings. The molecule has 0 aliphatic carbocycles. The highest BCUT2D eigenvalue weighted by atomic mass is 19.1. The Kier molecular flexibility index (Phi) is 8.08.